The molecule has 2 rings (SSSR count). The first-order chi connectivity index (χ1) is 22.6. The first-order valence-electron chi connectivity index (χ1n) is 17.6. The van der Waals surface area contributed by atoms with Crippen molar-refractivity contribution < 1.29 is 28.7 Å². The average molecular weight is 674 g/mol. The van der Waals surface area contributed by atoms with Gasteiger partial charge in [0.25, 0.3) is 0 Å². The SMILES string of the molecule is CC[C@H](C)[C@@H]([C@@H](CC(=O)N1CCC[C@H]1[C@H](OC)[C@@H](C)C(=O)NCCc1ccccc1)OC)N(C)[C@H](C(=O)NC(=O)C(C)(C)CN)C(C)C. The largest absolute Gasteiger partial charge is 0.379 e. The van der Waals surface area contributed by atoms with Crippen LogP contribution in [0.1, 0.15) is 79.7 Å². The molecule has 0 aliphatic carbocycles. The molecule has 1 aliphatic heterocycles. The molecular weight excluding hydrogens is 610 g/mol. The van der Waals surface area contributed by atoms with Gasteiger partial charge in [0, 0.05) is 39.9 Å². The van der Waals surface area contributed by atoms with Gasteiger partial charge in [-0.15, -0.1) is 0 Å². The van der Waals surface area contributed by atoms with Crippen LogP contribution in [0.5, 0.6) is 0 Å². The molecule has 1 saturated heterocycles. The van der Waals surface area contributed by atoms with Crippen LogP contribution in [0.4, 0.5) is 0 Å². The van der Waals surface area contributed by atoms with Gasteiger partial charge in [-0.05, 0) is 57.6 Å². The Kier molecular flexibility index (Phi) is 16.7. The molecule has 0 bridgehead atoms. The van der Waals surface area contributed by atoms with Crippen LogP contribution in [0.3, 0.4) is 0 Å². The summed E-state index contributed by atoms with van der Waals surface area (Å²) >= 11 is 0. The van der Waals surface area contributed by atoms with E-state index in [9.17, 15) is 19.2 Å². The van der Waals surface area contributed by atoms with Gasteiger partial charge in [0.1, 0.15) is 0 Å². The number of amides is 4. The number of hydrogen-bond donors (Lipinski definition) is 3. The summed E-state index contributed by atoms with van der Waals surface area (Å²) in [5.41, 5.74) is 6.05. The lowest BCUT2D eigenvalue weighted by molar-refractivity contribution is -0.144. The van der Waals surface area contributed by atoms with Crippen molar-refractivity contribution in [2.75, 3.05) is 40.9 Å². The summed E-state index contributed by atoms with van der Waals surface area (Å²) in [7, 11) is 5.07. The van der Waals surface area contributed by atoms with Crippen molar-refractivity contribution in [3.63, 3.8) is 0 Å². The molecule has 11 heteroatoms. The van der Waals surface area contributed by atoms with Crippen LogP contribution < -0.4 is 16.4 Å². The van der Waals surface area contributed by atoms with Crippen molar-refractivity contribution in [2.24, 2.45) is 28.9 Å². The molecule has 48 heavy (non-hydrogen) atoms. The van der Waals surface area contributed by atoms with Crippen LogP contribution >= 0.6 is 0 Å². The Hall–Kier alpha value is -2.86. The fourth-order valence-electron chi connectivity index (χ4n) is 6.92. The van der Waals surface area contributed by atoms with E-state index in [2.05, 4.69) is 24.5 Å². The smallest absolute Gasteiger partial charge is 0.244 e. The van der Waals surface area contributed by atoms with Gasteiger partial charge in [-0.2, -0.15) is 0 Å². The molecule has 0 radical (unpaired) electrons. The molecule has 4 amide bonds. The first kappa shape index (κ1) is 41.3. The third-order valence-electron chi connectivity index (χ3n) is 10.2. The number of benzene rings is 1. The zero-order valence-corrected chi connectivity index (χ0v) is 31.1. The second-order valence-corrected chi connectivity index (χ2v) is 14.4. The molecular formula is C37H63N5O6. The minimum Gasteiger partial charge on any atom is -0.379 e. The molecule has 0 unspecified atom stereocenters. The number of hydrogen-bond acceptors (Lipinski definition) is 8. The zero-order chi connectivity index (χ0) is 36.2. The predicted octanol–water partition coefficient (Wildman–Crippen LogP) is 3.39. The highest BCUT2D eigenvalue weighted by Crippen LogP contribution is 2.30. The number of carbonyl (C=O) groups excluding carboxylic acids is 4. The Balaban J connectivity index is 2.21. The van der Waals surface area contributed by atoms with Crippen LogP contribution in [-0.2, 0) is 35.1 Å². The van der Waals surface area contributed by atoms with E-state index < -0.39 is 41.4 Å². The van der Waals surface area contributed by atoms with Crippen molar-refractivity contribution in [1.29, 1.82) is 0 Å². The highest BCUT2D eigenvalue weighted by Gasteiger charge is 2.43. The van der Waals surface area contributed by atoms with Gasteiger partial charge in [0.15, 0.2) is 0 Å². The van der Waals surface area contributed by atoms with Crippen LogP contribution in [0.25, 0.3) is 0 Å². The molecule has 0 spiro atoms. The van der Waals surface area contributed by atoms with Crippen molar-refractivity contribution in [3.05, 3.63) is 35.9 Å². The first-order valence-corrected chi connectivity index (χ1v) is 17.6. The molecule has 0 aromatic heterocycles. The molecule has 1 aromatic rings. The van der Waals surface area contributed by atoms with Crippen LogP contribution in [0.2, 0.25) is 0 Å². The monoisotopic (exact) mass is 673 g/mol. The van der Waals surface area contributed by atoms with Gasteiger partial charge in [0.2, 0.25) is 23.6 Å². The lowest BCUT2D eigenvalue weighted by Crippen LogP contribution is -2.59. The summed E-state index contributed by atoms with van der Waals surface area (Å²) in [6.07, 6.45) is 2.19. The Labute approximate surface area is 289 Å². The van der Waals surface area contributed by atoms with Gasteiger partial charge >= 0.3 is 0 Å². The highest BCUT2D eigenvalue weighted by atomic mass is 16.5. The topological polar surface area (TPSA) is 143 Å². The summed E-state index contributed by atoms with van der Waals surface area (Å²) in [4.78, 5) is 57.5. The summed E-state index contributed by atoms with van der Waals surface area (Å²) in [6.45, 7) is 14.5. The van der Waals surface area contributed by atoms with Gasteiger partial charge < -0.3 is 25.4 Å². The standard InChI is InChI=1S/C37H63N5O6/c1-11-25(4)32(41(8)31(24(2)3)35(45)40-36(46)37(6,7)23-38)29(47-9)22-30(43)42-21-15-18-28(42)33(48-10)26(5)34(44)39-20-19-27-16-13-12-14-17-27/h12-14,16-17,24-26,28-29,31-33H,11,15,18-23,38H2,1-10H3,(H,39,44)(H,40,45,46)/t25-,26+,28-,29+,31-,32-,33+/m0/s1. The molecule has 1 fully saturated rings. The minimum absolute atomic E-state index is 0.0682. The van der Waals surface area contributed by atoms with Crippen molar-refractivity contribution >= 4 is 23.6 Å². The summed E-state index contributed by atoms with van der Waals surface area (Å²) in [5, 5.41) is 5.64. The number of carbonyl (C=O) groups is 4. The van der Waals surface area contributed by atoms with E-state index in [0.717, 1.165) is 31.2 Å². The van der Waals surface area contributed by atoms with E-state index in [0.29, 0.717) is 13.1 Å². The Bertz CT molecular complexity index is 1180. The molecule has 1 aliphatic rings. The maximum atomic E-state index is 14.1. The van der Waals surface area contributed by atoms with Gasteiger partial charge in [0.05, 0.1) is 42.0 Å². The number of nitrogens with zero attached hydrogens (tertiary/aromatic N) is 2. The molecule has 4 N–H and O–H groups in total. The van der Waals surface area contributed by atoms with Gasteiger partial charge in [-0.1, -0.05) is 71.4 Å². The third-order valence-corrected chi connectivity index (χ3v) is 10.2. The second-order valence-electron chi connectivity index (χ2n) is 14.4. The number of rotatable bonds is 19. The Morgan fingerprint density at radius 1 is 1.04 bits per heavy atom. The molecule has 272 valence electrons. The van der Waals surface area contributed by atoms with E-state index in [-0.39, 0.29) is 48.7 Å². The molecule has 0 saturated carbocycles. The lowest BCUT2D eigenvalue weighted by Gasteiger charge is -2.43. The van der Waals surface area contributed by atoms with Crippen LogP contribution in [-0.4, -0.2) is 105 Å². The molecule has 7 atom stereocenters. The van der Waals surface area contributed by atoms with E-state index in [1.54, 1.807) is 28.1 Å². The lowest BCUT2D eigenvalue weighted by atomic mass is 9.87. The molecule has 1 aromatic carbocycles. The zero-order valence-electron chi connectivity index (χ0n) is 31.1. The van der Waals surface area contributed by atoms with Gasteiger partial charge in [-0.3, -0.25) is 29.4 Å². The quantitative estimate of drug-likeness (QED) is 0.203. The van der Waals surface area contributed by atoms with Crippen molar-refractivity contribution in [3.8, 4) is 0 Å². The van der Waals surface area contributed by atoms with E-state index in [4.69, 9.17) is 15.2 Å². The van der Waals surface area contributed by atoms with Gasteiger partial charge in [-0.25, -0.2) is 0 Å². The third kappa shape index (κ3) is 10.8. The van der Waals surface area contributed by atoms with Crippen molar-refractivity contribution in [1.82, 2.24) is 20.4 Å². The summed E-state index contributed by atoms with van der Waals surface area (Å²) in [5.74, 6) is -1.51. The summed E-state index contributed by atoms with van der Waals surface area (Å²) in [6, 6.07) is 8.82. The number of nitrogens with two attached hydrogens (primary N) is 1. The van der Waals surface area contributed by atoms with E-state index in [1.807, 2.05) is 68.0 Å². The number of imide groups is 1. The van der Waals surface area contributed by atoms with Crippen LogP contribution in [0.15, 0.2) is 30.3 Å². The number of likely N-dealkylation sites (N-methyl/N-ethyl adjacent to an activating group) is 1. The second kappa shape index (κ2) is 19.4. The van der Waals surface area contributed by atoms with Crippen LogP contribution in [0, 0.1) is 23.2 Å². The summed E-state index contributed by atoms with van der Waals surface area (Å²) < 4.78 is 11.9. The Morgan fingerprint density at radius 3 is 2.23 bits per heavy atom. The average Bonchev–Trinajstić information content (AvgIpc) is 3.54. The Morgan fingerprint density at radius 2 is 1.69 bits per heavy atom. The fourth-order valence-corrected chi connectivity index (χ4v) is 6.92. The molecule has 11 nitrogen and oxygen atoms in total. The van der Waals surface area contributed by atoms with E-state index >= 15 is 0 Å². The maximum absolute atomic E-state index is 14.1. The fraction of sp³-hybridized carbons (Fsp3) is 0.730. The number of likely N-dealkylation sites (tertiary alicyclic amines) is 1. The molecule has 1 heterocycles. The van der Waals surface area contributed by atoms with Crippen molar-refractivity contribution in [2.45, 2.75) is 111 Å². The number of nitrogens with one attached hydrogen (secondary N) is 2. The minimum atomic E-state index is -0.889. The maximum Gasteiger partial charge on any atom is 0.244 e. The highest BCUT2D eigenvalue weighted by molar-refractivity contribution is 6.00. The normalized spacial score (nSPS) is 19.0. The van der Waals surface area contributed by atoms with E-state index in [1.165, 1.54) is 0 Å². The predicted molar refractivity (Wildman–Crippen MR) is 189 cm³/mol. The number of methoxy groups -OCH3 is 2. The number of ether oxygens (including phenoxy) is 2.